The highest BCUT2D eigenvalue weighted by molar-refractivity contribution is 5.39. The average molecular weight is 217 g/mol. The van der Waals surface area contributed by atoms with Crippen molar-refractivity contribution in [2.75, 3.05) is 0 Å². The number of phenolic OH excluding ortho intramolecular Hbond substituents is 1. The molecule has 84 valence electrons. The van der Waals surface area contributed by atoms with Crippen LogP contribution < -0.4 is 5.32 Å². The molecule has 0 saturated carbocycles. The van der Waals surface area contributed by atoms with E-state index in [1.165, 1.54) is 0 Å². The molecule has 0 atom stereocenters. The van der Waals surface area contributed by atoms with Crippen molar-refractivity contribution in [3.63, 3.8) is 0 Å². The highest BCUT2D eigenvalue weighted by atomic mass is 16.3. The second-order valence-corrected chi connectivity index (χ2v) is 3.72. The first kappa shape index (κ1) is 10.7. The molecule has 2 aromatic rings. The summed E-state index contributed by atoms with van der Waals surface area (Å²) in [4.78, 5) is 7.12. The van der Waals surface area contributed by atoms with Gasteiger partial charge in [0.1, 0.15) is 11.6 Å². The van der Waals surface area contributed by atoms with Crippen molar-refractivity contribution in [2.45, 2.75) is 20.0 Å². The Bertz CT molecular complexity index is 451. The smallest absolute Gasteiger partial charge is 0.122 e. The van der Waals surface area contributed by atoms with Gasteiger partial charge < -0.3 is 15.4 Å². The molecule has 0 fully saturated rings. The van der Waals surface area contributed by atoms with Crippen LogP contribution in [0.25, 0.3) is 0 Å². The molecule has 0 radical (unpaired) electrons. The van der Waals surface area contributed by atoms with Gasteiger partial charge in [-0.05, 0) is 12.5 Å². The Kier molecular flexibility index (Phi) is 3.22. The van der Waals surface area contributed by atoms with E-state index in [0.29, 0.717) is 18.8 Å². The van der Waals surface area contributed by atoms with Gasteiger partial charge in [0.15, 0.2) is 0 Å². The zero-order valence-electron chi connectivity index (χ0n) is 9.20. The van der Waals surface area contributed by atoms with Crippen molar-refractivity contribution in [1.29, 1.82) is 0 Å². The summed E-state index contributed by atoms with van der Waals surface area (Å²) < 4.78 is 0. The van der Waals surface area contributed by atoms with E-state index in [4.69, 9.17) is 0 Å². The summed E-state index contributed by atoms with van der Waals surface area (Å²) in [7, 11) is 0. The number of nitrogens with one attached hydrogen (secondary N) is 2. The fourth-order valence-corrected chi connectivity index (χ4v) is 1.57. The van der Waals surface area contributed by atoms with Crippen molar-refractivity contribution in [3.05, 3.63) is 47.5 Å². The average Bonchev–Trinajstić information content (AvgIpc) is 2.77. The number of rotatable bonds is 4. The molecular weight excluding hydrogens is 202 g/mol. The quantitative estimate of drug-likeness (QED) is 0.730. The van der Waals surface area contributed by atoms with Crippen molar-refractivity contribution < 1.29 is 5.11 Å². The van der Waals surface area contributed by atoms with E-state index in [9.17, 15) is 5.11 Å². The standard InChI is InChI=1S/C12H15N3O/c1-9-3-2-4-10(12(9)16)7-13-8-11-14-5-6-15-11/h2-6,13,16H,7-8H2,1H3,(H,14,15). The van der Waals surface area contributed by atoms with E-state index < -0.39 is 0 Å². The van der Waals surface area contributed by atoms with Crippen LogP contribution in [0.3, 0.4) is 0 Å². The number of aryl methyl sites for hydroxylation is 1. The van der Waals surface area contributed by atoms with E-state index in [2.05, 4.69) is 15.3 Å². The Morgan fingerprint density at radius 2 is 2.25 bits per heavy atom. The van der Waals surface area contributed by atoms with Gasteiger partial charge in [-0.2, -0.15) is 0 Å². The van der Waals surface area contributed by atoms with Crippen molar-refractivity contribution in [2.24, 2.45) is 0 Å². The number of nitrogens with zero attached hydrogens (tertiary/aromatic N) is 1. The Morgan fingerprint density at radius 3 is 3.00 bits per heavy atom. The molecular formula is C12H15N3O. The number of aromatic hydroxyl groups is 1. The second-order valence-electron chi connectivity index (χ2n) is 3.72. The van der Waals surface area contributed by atoms with Crippen LogP contribution in [0.2, 0.25) is 0 Å². The molecule has 0 aliphatic rings. The van der Waals surface area contributed by atoms with E-state index >= 15 is 0 Å². The summed E-state index contributed by atoms with van der Waals surface area (Å²) in [5.74, 6) is 1.27. The predicted molar refractivity (Wildman–Crippen MR) is 62.0 cm³/mol. The molecule has 4 nitrogen and oxygen atoms in total. The molecule has 0 aliphatic heterocycles. The zero-order valence-corrected chi connectivity index (χ0v) is 9.20. The van der Waals surface area contributed by atoms with Gasteiger partial charge in [-0.25, -0.2) is 4.98 Å². The molecule has 16 heavy (non-hydrogen) atoms. The minimum atomic E-state index is 0.370. The lowest BCUT2D eigenvalue weighted by molar-refractivity contribution is 0.460. The molecule has 1 heterocycles. The number of aromatic amines is 1. The molecule has 1 aromatic heterocycles. The number of benzene rings is 1. The molecule has 3 N–H and O–H groups in total. The lowest BCUT2D eigenvalue weighted by Gasteiger charge is -2.07. The fourth-order valence-electron chi connectivity index (χ4n) is 1.57. The molecule has 0 bridgehead atoms. The van der Waals surface area contributed by atoms with Gasteiger partial charge in [0.2, 0.25) is 0 Å². The Labute approximate surface area is 94.4 Å². The summed E-state index contributed by atoms with van der Waals surface area (Å²) >= 11 is 0. The molecule has 0 spiro atoms. The second kappa shape index (κ2) is 4.81. The van der Waals surface area contributed by atoms with Gasteiger partial charge >= 0.3 is 0 Å². The zero-order chi connectivity index (χ0) is 11.4. The van der Waals surface area contributed by atoms with E-state index in [1.807, 2.05) is 25.1 Å². The van der Waals surface area contributed by atoms with Crippen LogP contribution in [-0.4, -0.2) is 15.1 Å². The Morgan fingerprint density at radius 1 is 1.38 bits per heavy atom. The van der Waals surface area contributed by atoms with Crippen LogP contribution >= 0.6 is 0 Å². The monoisotopic (exact) mass is 217 g/mol. The normalized spacial score (nSPS) is 10.6. The minimum Gasteiger partial charge on any atom is -0.507 e. The lowest BCUT2D eigenvalue weighted by atomic mass is 10.1. The van der Waals surface area contributed by atoms with Crippen molar-refractivity contribution in [3.8, 4) is 5.75 Å². The molecule has 0 aliphatic carbocycles. The van der Waals surface area contributed by atoms with Gasteiger partial charge in [-0.1, -0.05) is 18.2 Å². The van der Waals surface area contributed by atoms with E-state index in [1.54, 1.807) is 12.4 Å². The number of imidazole rings is 1. The van der Waals surface area contributed by atoms with E-state index in [0.717, 1.165) is 17.0 Å². The van der Waals surface area contributed by atoms with Crippen LogP contribution in [0, 0.1) is 6.92 Å². The summed E-state index contributed by atoms with van der Waals surface area (Å²) in [5.41, 5.74) is 1.81. The van der Waals surface area contributed by atoms with Crippen molar-refractivity contribution >= 4 is 0 Å². The fraction of sp³-hybridized carbons (Fsp3) is 0.250. The topological polar surface area (TPSA) is 60.9 Å². The van der Waals surface area contributed by atoms with Gasteiger partial charge in [-0.3, -0.25) is 0 Å². The summed E-state index contributed by atoms with van der Waals surface area (Å²) in [5, 5.41) is 13.0. The predicted octanol–water partition coefficient (Wildman–Crippen LogP) is 1.71. The maximum Gasteiger partial charge on any atom is 0.122 e. The number of aromatic nitrogens is 2. The Hall–Kier alpha value is -1.81. The first-order valence-electron chi connectivity index (χ1n) is 5.24. The molecule has 2 rings (SSSR count). The lowest BCUT2D eigenvalue weighted by Crippen LogP contribution is -2.13. The number of hydrogen-bond donors (Lipinski definition) is 3. The maximum atomic E-state index is 9.79. The number of hydrogen-bond acceptors (Lipinski definition) is 3. The number of phenols is 1. The first-order chi connectivity index (χ1) is 7.77. The molecule has 0 saturated heterocycles. The highest BCUT2D eigenvalue weighted by Crippen LogP contribution is 2.20. The van der Waals surface area contributed by atoms with Crippen molar-refractivity contribution in [1.82, 2.24) is 15.3 Å². The summed E-state index contributed by atoms with van der Waals surface area (Å²) in [6.07, 6.45) is 3.52. The van der Waals surface area contributed by atoms with Gasteiger partial charge in [0.05, 0.1) is 6.54 Å². The Balaban J connectivity index is 1.92. The van der Waals surface area contributed by atoms with Gasteiger partial charge in [0.25, 0.3) is 0 Å². The summed E-state index contributed by atoms with van der Waals surface area (Å²) in [6, 6.07) is 5.75. The third kappa shape index (κ3) is 2.41. The largest absolute Gasteiger partial charge is 0.507 e. The van der Waals surface area contributed by atoms with Gasteiger partial charge in [-0.15, -0.1) is 0 Å². The molecule has 1 aromatic carbocycles. The minimum absolute atomic E-state index is 0.370. The van der Waals surface area contributed by atoms with Crippen LogP contribution in [-0.2, 0) is 13.1 Å². The third-order valence-electron chi connectivity index (χ3n) is 2.48. The molecule has 4 heteroatoms. The number of H-pyrrole nitrogens is 1. The van der Waals surface area contributed by atoms with E-state index in [-0.39, 0.29) is 0 Å². The van der Waals surface area contributed by atoms with Crippen LogP contribution in [0.1, 0.15) is 17.0 Å². The highest BCUT2D eigenvalue weighted by Gasteiger charge is 2.03. The van der Waals surface area contributed by atoms with Gasteiger partial charge in [0, 0.05) is 24.5 Å². The van der Waals surface area contributed by atoms with Crippen LogP contribution in [0.15, 0.2) is 30.6 Å². The van der Waals surface area contributed by atoms with Crippen LogP contribution in [0.4, 0.5) is 0 Å². The third-order valence-corrected chi connectivity index (χ3v) is 2.48. The first-order valence-corrected chi connectivity index (χ1v) is 5.24. The molecule has 0 unspecified atom stereocenters. The number of para-hydroxylation sites is 1. The SMILES string of the molecule is Cc1cccc(CNCc2ncc[nH]2)c1O. The van der Waals surface area contributed by atoms with Crippen LogP contribution in [0.5, 0.6) is 5.75 Å². The summed E-state index contributed by atoms with van der Waals surface area (Å²) in [6.45, 7) is 3.19. The molecule has 0 amide bonds. The maximum absolute atomic E-state index is 9.79.